The summed E-state index contributed by atoms with van der Waals surface area (Å²) >= 11 is 9.14. The lowest BCUT2D eigenvalue weighted by atomic mass is 10.2. The molecule has 2 heterocycles. The van der Waals surface area contributed by atoms with Crippen LogP contribution in [0.25, 0.3) is 10.2 Å². The molecule has 1 aliphatic carbocycles. The van der Waals surface area contributed by atoms with Crippen molar-refractivity contribution in [2.24, 2.45) is 0 Å². The molecule has 0 bridgehead atoms. The monoisotopic (exact) mass is 419 g/mol. The second-order valence-corrected chi connectivity index (χ2v) is 9.04. The van der Waals surface area contributed by atoms with Gasteiger partial charge in [-0.1, -0.05) is 17.7 Å². The van der Waals surface area contributed by atoms with Gasteiger partial charge in [0.2, 0.25) is 5.91 Å². The Kier molecular flexibility index (Phi) is 5.52. The normalized spacial score (nSPS) is 13.1. The molecule has 8 heteroatoms. The van der Waals surface area contributed by atoms with Crippen LogP contribution in [0, 0.1) is 0 Å². The first-order valence-electron chi connectivity index (χ1n) is 8.77. The standard InChI is InChI=1S/C19H18ClN3O2S2/c20-11-3-1-4-12(9-11)21-16(24)7-8-26-10-15-22-18(25)17-13-5-2-6-14(13)27-19(17)23-15/h1,3-4,9H,2,5-8,10H2,(H,21,24)(H,22,23,25). The topological polar surface area (TPSA) is 74.8 Å². The zero-order chi connectivity index (χ0) is 18.8. The van der Waals surface area contributed by atoms with Crippen LogP contribution in [0.2, 0.25) is 5.02 Å². The lowest BCUT2D eigenvalue weighted by Crippen LogP contribution is -2.13. The van der Waals surface area contributed by atoms with Crippen LogP contribution >= 0.6 is 34.7 Å². The van der Waals surface area contributed by atoms with E-state index in [1.165, 1.54) is 10.4 Å². The van der Waals surface area contributed by atoms with Crippen LogP contribution < -0.4 is 10.9 Å². The van der Waals surface area contributed by atoms with Gasteiger partial charge in [-0.25, -0.2) is 4.98 Å². The molecule has 0 unspecified atom stereocenters. The average Bonchev–Trinajstić information content (AvgIpc) is 3.19. The molecule has 0 spiro atoms. The van der Waals surface area contributed by atoms with Crippen molar-refractivity contribution in [1.82, 2.24) is 9.97 Å². The molecule has 1 amide bonds. The third-order valence-corrected chi connectivity index (χ3v) is 6.84. The average molecular weight is 420 g/mol. The summed E-state index contributed by atoms with van der Waals surface area (Å²) in [7, 11) is 0. The van der Waals surface area contributed by atoms with Gasteiger partial charge in [-0.2, -0.15) is 11.8 Å². The lowest BCUT2D eigenvalue weighted by molar-refractivity contribution is -0.115. The minimum absolute atomic E-state index is 0.0336. The number of H-pyrrole nitrogens is 1. The first kappa shape index (κ1) is 18.5. The van der Waals surface area contributed by atoms with E-state index in [2.05, 4.69) is 15.3 Å². The van der Waals surface area contributed by atoms with Gasteiger partial charge in [-0.05, 0) is 43.0 Å². The smallest absolute Gasteiger partial charge is 0.259 e. The van der Waals surface area contributed by atoms with Gasteiger partial charge in [0.25, 0.3) is 5.56 Å². The largest absolute Gasteiger partial charge is 0.326 e. The molecule has 0 radical (unpaired) electrons. The zero-order valence-electron chi connectivity index (χ0n) is 14.5. The van der Waals surface area contributed by atoms with Crippen molar-refractivity contribution in [3.8, 4) is 0 Å². The Balaban J connectivity index is 1.31. The third-order valence-electron chi connectivity index (χ3n) is 4.44. The van der Waals surface area contributed by atoms with Crippen molar-refractivity contribution >= 4 is 56.5 Å². The number of halogens is 1. The Labute approximate surface area is 169 Å². The van der Waals surface area contributed by atoms with Crippen LogP contribution in [0.4, 0.5) is 5.69 Å². The molecule has 1 aromatic carbocycles. The van der Waals surface area contributed by atoms with Gasteiger partial charge < -0.3 is 10.3 Å². The highest BCUT2D eigenvalue weighted by atomic mass is 35.5. The molecule has 0 aliphatic heterocycles. The number of aromatic amines is 1. The van der Waals surface area contributed by atoms with Gasteiger partial charge in [-0.15, -0.1) is 11.3 Å². The summed E-state index contributed by atoms with van der Waals surface area (Å²) in [5.41, 5.74) is 1.86. The van der Waals surface area contributed by atoms with E-state index in [1.807, 2.05) is 0 Å². The SMILES string of the molecule is O=C(CCSCc1nc2sc3c(c2c(=O)[nH]1)CCC3)Nc1cccc(Cl)c1. The highest BCUT2D eigenvalue weighted by Gasteiger charge is 2.21. The fraction of sp³-hybridized carbons (Fsp3) is 0.316. The molecule has 0 saturated carbocycles. The summed E-state index contributed by atoms with van der Waals surface area (Å²) < 4.78 is 0. The number of carbonyl (C=O) groups is 1. The van der Waals surface area contributed by atoms with Crippen LogP contribution in [0.15, 0.2) is 29.1 Å². The summed E-state index contributed by atoms with van der Waals surface area (Å²) in [6, 6.07) is 7.08. The van der Waals surface area contributed by atoms with E-state index < -0.39 is 0 Å². The van der Waals surface area contributed by atoms with Crippen molar-refractivity contribution in [2.45, 2.75) is 31.4 Å². The zero-order valence-corrected chi connectivity index (χ0v) is 16.9. The molecule has 0 saturated heterocycles. The molecule has 27 heavy (non-hydrogen) atoms. The predicted molar refractivity (Wildman–Crippen MR) is 113 cm³/mol. The molecule has 3 aromatic rings. The highest BCUT2D eigenvalue weighted by molar-refractivity contribution is 7.98. The number of fused-ring (bicyclic) bond motifs is 3. The maximum atomic E-state index is 12.4. The number of aryl methyl sites for hydroxylation is 2. The molecule has 5 nitrogen and oxygen atoms in total. The number of carbonyl (C=O) groups excluding carboxylic acids is 1. The Hall–Kier alpha value is -1.83. The van der Waals surface area contributed by atoms with E-state index in [9.17, 15) is 9.59 Å². The van der Waals surface area contributed by atoms with Crippen molar-refractivity contribution in [2.75, 3.05) is 11.1 Å². The van der Waals surface area contributed by atoms with Gasteiger partial charge in [0, 0.05) is 27.8 Å². The third kappa shape index (κ3) is 4.20. The van der Waals surface area contributed by atoms with Crippen LogP contribution in [0.1, 0.15) is 29.1 Å². The van der Waals surface area contributed by atoms with E-state index >= 15 is 0 Å². The van der Waals surface area contributed by atoms with E-state index in [1.54, 1.807) is 47.4 Å². The number of amides is 1. The molecule has 2 aromatic heterocycles. The van der Waals surface area contributed by atoms with Crippen LogP contribution in [0.3, 0.4) is 0 Å². The predicted octanol–water partition coefficient (Wildman–Crippen LogP) is 4.39. The first-order chi connectivity index (χ1) is 13.1. The number of nitrogens with zero attached hydrogens (tertiary/aromatic N) is 1. The van der Waals surface area contributed by atoms with Crippen molar-refractivity contribution in [1.29, 1.82) is 0 Å². The minimum Gasteiger partial charge on any atom is -0.326 e. The van der Waals surface area contributed by atoms with E-state index in [0.29, 0.717) is 34.5 Å². The Morgan fingerprint density at radius 2 is 2.26 bits per heavy atom. The van der Waals surface area contributed by atoms with Gasteiger partial charge in [0.05, 0.1) is 11.1 Å². The number of hydrogen-bond acceptors (Lipinski definition) is 5. The summed E-state index contributed by atoms with van der Waals surface area (Å²) in [6.07, 6.45) is 3.56. The summed E-state index contributed by atoms with van der Waals surface area (Å²) in [6.45, 7) is 0. The van der Waals surface area contributed by atoms with Crippen LogP contribution in [0.5, 0.6) is 0 Å². The molecule has 1 aliphatic rings. The molecule has 4 rings (SSSR count). The summed E-state index contributed by atoms with van der Waals surface area (Å²) in [4.78, 5) is 34.1. The van der Waals surface area contributed by atoms with Crippen LogP contribution in [-0.4, -0.2) is 21.6 Å². The Morgan fingerprint density at radius 1 is 1.37 bits per heavy atom. The van der Waals surface area contributed by atoms with Crippen molar-refractivity contribution in [3.05, 3.63) is 55.9 Å². The number of rotatable bonds is 6. The number of benzene rings is 1. The van der Waals surface area contributed by atoms with E-state index in [0.717, 1.165) is 29.5 Å². The van der Waals surface area contributed by atoms with E-state index in [-0.39, 0.29) is 11.5 Å². The second-order valence-electron chi connectivity index (χ2n) is 6.41. The number of aromatic nitrogens is 2. The van der Waals surface area contributed by atoms with Crippen LogP contribution in [-0.2, 0) is 23.4 Å². The molecular formula is C19H18ClN3O2S2. The molecule has 2 N–H and O–H groups in total. The maximum absolute atomic E-state index is 12.4. The highest BCUT2D eigenvalue weighted by Crippen LogP contribution is 2.34. The summed E-state index contributed by atoms with van der Waals surface area (Å²) in [5.74, 6) is 1.84. The second kappa shape index (κ2) is 8.04. The van der Waals surface area contributed by atoms with Gasteiger partial charge in [-0.3, -0.25) is 9.59 Å². The maximum Gasteiger partial charge on any atom is 0.259 e. The molecular weight excluding hydrogens is 402 g/mol. The van der Waals surface area contributed by atoms with Gasteiger partial charge in [0.1, 0.15) is 10.7 Å². The van der Waals surface area contributed by atoms with Gasteiger partial charge in [0.15, 0.2) is 0 Å². The van der Waals surface area contributed by atoms with E-state index in [4.69, 9.17) is 11.6 Å². The van der Waals surface area contributed by atoms with Gasteiger partial charge >= 0.3 is 0 Å². The van der Waals surface area contributed by atoms with Crippen molar-refractivity contribution in [3.63, 3.8) is 0 Å². The molecule has 0 atom stereocenters. The fourth-order valence-electron chi connectivity index (χ4n) is 3.24. The first-order valence-corrected chi connectivity index (χ1v) is 11.1. The number of hydrogen-bond donors (Lipinski definition) is 2. The number of anilines is 1. The fourth-order valence-corrected chi connectivity index (χ4v) is 5.51. The summed E-state index contributed by atoms with van der Waals surface area (Å²) in [5, 5.41) is 4.20. The van der Waals surface area contributed by atoms with Crippen molar-refractivity contribution < 1.29 is 4.79 Å². The Bertz CT molecular complexity index is 1060. The number of thiophene rings is 1. The molecule has 0 fully saturated rings. The quantitative estimate of drug-likeness (QED) is 0.581. The number of thioether (sulfide) groups is 1. The Morgan fingerprint density at radius 3 is 3.11 bits per heavy atom. The minimum atomic E-state index is -0.0589. The lowest BCUT2D eigenvalue weighted by Gasteiger charge is -2.05. The molecule has 140 valence electrons. The number of nitrogens with one attached hydrogen (secondary N) is 2.